The topological polar surface area (TPSA) is 64.7 Å². The lowest BCUT2D eigenvalue weighted by Gasteiger charge is -2.32. The molecule has 0 atom stereocenters. The number of piperidine rings is 2. The highest BCUT2D eigenvalue weighted by molar-refractivity contribution is 5.84. The second kappa shape index (κ2) is 9.82. The van der Waals surface area contributed by atoms with Crippen LogP contribution in [0.15, 0.2) is 18.2 Å². The van der Waals surface area contributed by atoms with Gasteiger partial charge in [0.15, 0.2) is 11.6 Å². The molecule has 3 rings (SSSR count). The third-order valence-electron chi connectivity index (χ3n) is 5.42. The van der Waals surface area contributed by atoms with E-state index in [-0.39, 0.29) is 24.5 Å². The summed E-state index contributed by atoms with van der Waals surface area (Å²) in [5, 5.41) is 5.58. The molecule has 2 fully saturated rings. The number of nitrogens with one attached hydrogen (secondary N) is 2. The first-order chi connectivity index (χ1) is 13.5. The Morgan fingerprint density at radius 3 is 2.39 bits per heavy atom. The highest BCUT2D eigenvalue weighted by atomic mass is 19.2. The van der Waals surface area contributed by atoms with Crippen molar-refractivity contribution in [1.29, 1.82) is 0 Å². The zero-order valence-corrected chi connectivity index (χ0v) is 16.1. The Morgan fingerprint density at radius 1 is 1.00 bits per heavy atom. The molecule has 28 heavy (non-hydrogen) atoms. The van der Waals surface area contributed by atoms with Crippen LogP contribution in [-0.4, -0.2) is 60.5 Å². The van der Waals surface area contributed by atoms with E-state index in [1.54, 1.807) is 11.0 Å². The third kappa shape index (κ3) is 5.89. The predicted molar refractivity (Wildman–Crippen MR) is 102 cm³/mol. The molecule has 0 aliphatic carbocycles. The number of hydrogen-bond acceptors (Lipinski definition) is 3. The van der Waals surface area contributed by atoms with Crippen LogP contribution in [-0.2, 0) is 11.3 Å². The van der Waals surface area contributed by atoms with E-state index in [2.05, 4.69) is 15.5 Å². The van der Waals surface area contributed by atoms with Crippen molar-refractivity contribution in [1.82, 2.24) is 20.4 Å². The summed E-state index contributed by atoms with van der Waals surface area (Å²) in [6, 6.07) is 3.70. The third-order valence-corrected chi connectivity index (χ3v) is 5.42. The van der Waals surface area contributed by atoms with Gasteiger partial charge >= 0.3 is 6.03 Å². The smallest absolute Gasteiger partial charge is 0.315 e. The Labute approximate surface area is 164 Å². The molecule has 1 aromatic rings. The second-order valence-corrected chi connectivity index (χ2v) is 7.57. The minimum atomic E-state index is -0.837. The van der Waals surface area contributed by atoms with E-state index >= 15 is 0 Å². The van der Waals surface area contributed by atoms with E-state index in [1.165, 1.54) is 6.07 Å². The SMILES string of the molecule is O=C(NCC(=O)N1CCCCC1)NC1CCN(Cc2ccc(F)c(F)c2)CC1. The lowest BCUT2D eigenvalue weighted by Crippen LogP contribution is -2.50. The van der Waals surface area contributed by atoms with E-state index in [1.807, 2.05) is 0 Å². The van der Waals surface area contributed by atoms with Crippen molar-refractivity contribution in [3.63, 3.8) is 0 Å². The number of hydrogen-bond donors (Lipinski definition) is 2. The zero-order valence-electron chi connectivity index (χ0n) is 16.1. The molecule has 2 aliphatic rings. The van der Waals surface area contributed by atoms with Gasteiger partial charge in [0.1, 0.15) is 0 Å². The van der Waals surface area contributed by atoms with Crippen LogP contribution in [0, 0.1) is 11.6 Å². The normalized spacial score (nSPS) is 18.7. The highest BCUT2D eigenvalue weighted by Crippen LogP contribution is 2.16. The minimum Gasteiger partial charge on any atom is -0.341 e. The summed E-state index contributed by atoms with van der Waals surface area (Å²) in [6.45, 7) is 3.66. The van der Waals surface area contributed by atoms with Crippen LogP contribution < -0.4 is 10.6 Å². The number of amides is 3. The van der Waals surface area contributed by atoms with Crippen molar-refractivity contribution in [2.45, 2.75) is 44.7 Å². The lowest BCUT2D eigenvalue weighted by molar-refractivity contribution is -0.130. The van der Waals surface area contributed by atoms with E-state index in [0.717, 1.165) is 69.9 Å². The monoisotopic (exact) mass is 394 g/mol. The Kier molecular flexibility index (Phi) is 7.19. The fraction of sp³-hybridized carbons (Fsp3) is 0.600. The Bertz CT molecular complexity index is 687. The first-order valence-corrected chi connectivity index (χ1v) is 9.99. The van der Waals surface area contributed by atoms with Gasteiger partial charge in [0, 0.05) is 38.8 Å². The molecule has 2 saturated heterocycles. The molecule has 0 bridgehead atoms. The number of halogens is 2. The fourth-order valence-corrected chi connectivity index (χ4v) is 3.78. The lowest BCUT2D eigenvalue weighted by atomic mass is 10.0. The van der Waals surface area contributed by atoms with Crippen LogP contribution in [0.3, 0.4) is 0 Å². The summed E-state index contributed by atoms with van der Waals surface area (Å²) >= 11 is 0. The number of nitrogens with zero attached hydrogens (tertiary/aromatic N) is 2. The van der Waals surface area contributed by atoms with Crippen molar-refractivity contribution >= 4 is 11.9 Å². The zero-order chi connectivity index (χ0) is 19.9. The van der Waals surface area contributed by atoms with Crippen LogP contribution in [0.5, 0.6) is 0 Å². The van der Waals surface area contributed by atoms with Crippen LogP contribution in [0.25, 0.3) is 0 Å². The summed E-state index contributed by atoms with van der Waals surface area (Å²) < 4.78 is 26.3. The van der Waals surface area contributed by atoms with E-state index < -0.39 is 11.6 Å². The summed E-state index contributed by atoms with van der Waals surface area (Å²) in [5.41, 5.74) is 0.735. The van der Waals surface area contributed by atoms with E-state index in [0.29, 0.717) is 6.54 Å². The van der Waals surface area contributed by atoms with Crippen molar-refractivity contribution in [2.75, 3.05) is 32.7 Å². The molecule has 0 spiro atoms. The van der Waals surface area contributed by atoms with Gasteiger partial charge in [-0.05, 0) is 49.8 Å². The number of urea groups is 1. The van der Waals surface area contributed by atoms with Crippen LogP contribution in [0.2, 0.25) is 0 Å². The van der Waals surface area contributed by atoms with E-state index in [9.17, 15) is 18.4 Å². The maximum absolute atomic E-state index is 13.3. The maximum Gasteiger partial charge on any atom is 0.315 e. The molecule has 154 valence electrons. The van der Waals surface area contributed by atoms with Gasteiger partial charge in [-0.1, -0.05) is 6.07 Å². The molecule has 0 unspecified atom stereocenters. The Balaban J connectivity index is 1.34. The second-order valence-electron chi connectivity index (χ2n) is 7.57. The van der Waals surface area contributed by atoms with Crippen molar-refractivity contribution in [2.24, 2.45) is 0 Å². The van der Waals surface area contributed by atoms with Gasteiger partial charge in [-0.15, -0.1) is 0 Å². The van der Waals surface area contributed by atoms with Crippen molar-refractivity contribution in [3.8, 4) is 0 Å². The van der Waals surface area contributed by atoms with Crippen molar-refractivity contribution in [3.05, 3.63) is 35.4 Å². The molecule has 2 aliphatic heterocycles. The molecule has 0 saturated carbocycles. The molecule has 8 heteroatoms. The number of benzene rings is 1. The quantitative estimate of drug-likeness (QED) is 0.805. The molecule has 6 nitrogen and oxygen atoms in total. The minimum absolute atomic E-state index is 0.0286. The average molecular weight is 394 g/mol. The Morgan fingerprint density at radius 2 is 1.71 bits per heavy atom. The molecule has 3 amide bonds. The van der Waals surface area contributed by atoms with Gasteiger partial charge in [-0.25, -0.2) is 13.6 Å². The van der Waals surface area contributed by atoms with Gasteiger partial charge < -0.3 is 15.5 Å². The maximum atomic E-state index is 13.3. The number of rotatable bonds is 5. The fourth-order valence-electron chi connectivity index (χ4n) is 3.78. The first kappa shape index (κ1) is 20.5. The highest BCUT2D eigenvalue weighted by Gasteiger charge is 2.22. The molecule has 2 heterocycles. The standard InChI is InChI=1S/C20H28F2N4O2/c21-17-5-4-15(12-18(17)22)14-25-10-6-16(7-11-25)24-20(28)23-13-19(27)26-8-2-1-3-9-26/h4-5,12,16H,1-3,6-11,13-14H2,(H2,23,24,28). The van der Waals surface area contributed by atoms with Gasteiger partial charge in [0.25, 0.3) is 0 Å². The van der Waals surface area contributed by atoms with Gasteiger partial charge in [0.2, 0.25) is 5.91 Å². The van der Waals surface area contributed by atoms with Crippen LogP contribution >= 0.6 is 0 Å². The van der Waals surface area contributed by atoms with Crippen molar-refractivity contribution < 1.29 is 18.4 Å². The largest absolute Gasteiger partial charge is 0.341 e. The molecular weight excluding hydrogens is 366 g/mol. The molecule has 2 N–H and O–H groups in total. The summed E-state index contributed by atoms with van der Waals surface area (Å²) in [6.07, 6.45) is 4.77. The Hall–Kier alpha value is -2.22. The molecular formula is C20H28F2N4O2. The number of carbonyl (C=O) groups is 2. The predicted octanol–water partition coefficient (Wildman–Crippen LogP) is 2.24. The molecule has 1 aromatic carbocycles. The summed E-state index contributed by atoms with van der Waals surface area (Å²) in [4.78, 5) is 28.1. The number of carbonyl (C=O) groups excluding carboxylic acids is 2. The van der Waals surface area contributed by atoms with Gasteiger partial charge in [-0.2, -0.15) is 0 Å². The first-order valence-electron chi connectivity index (χ1n) is 9.99. The molecule has 0 aromatic heterocycles. The van der Waals surface area contributed by atoms with Gasteiger partial charge in [-0.3, -0.25) is 9.69 Å². The van der Waals surface area contributed by atoms with Gasteiger partial charge in [0.05, 0.1) is 6.54 Å². The summed E-state index contributed by atoms with van der Waals surface area (Å²) in [7, 11) is 0. The van der Waals surface area contributed by atoms with Crippen LogP contribution in [0.4, 0.5) is 13.6 Å². The molecule has 0 radical (unpaired) electrons. The van der Waals surface area contributed by atoms with Crippen LogP contribution in [0.1, 0.15) is 37.7 Å². The average Bonchev–Trinajstić information content (AvgIpc) is 2.71. The van der Waals surface area contributed by atoms with E-state index in [4.69, 9.17) is 0 Å². The number of likely N-dealkylation sites (tertiary alicyclic amines) is 2. The summed E-state index contributed by atoms with van der Waals surface area (Å²) in [5.74, 6) is -1.70.